The lowest BCUT2D eigenvalue weighted by molar-refractivity contribution is -0.132. The van der Waals surface area contributed by atoms with Gasteiger partial charge >= 0.3 is 0 Å². The van der Waals surface area contributed by atoms with E-state index < -0.39 is 0 Å². The highest BCUT2D eigenvalue weighted by Gasteiger charge is 2.32. The standard InChI is InChI=1S/C16H22BrN3O/c1-4-20(10-11(2)3)16(21)15-9-14(18-19-15)12-5-7-13(17)8-6-12/h5-8,14-15,18-19H,2,4,9-10H2,1,3H3. The van der Waals surface area contributed by atoms with Crippen molar-refractivity contribution in [3.05, 3.63) is 46.5 Å². The zero-order valence-electron chi connectivity index (χ0n) is 12.5. The van der Waals surface area contributed by atoms with Gasteiger partial charge in [0.25, 0.3) is 0 Å². The zero-order valence-corrected chi connectivity index (χ0v) is 14.1. The molecule has 5 heteroatoms. The van der Waals surface area contributed by atoms with E-state index in [9.17, 15) is 4.79 Å². The molecule has 1 aliphatic heterocycles. The van der Waals surface area contributed by atoms with E-state index >= 15 is 0 Å². The molecule has 0 aromatic heterocycles. The summed E-state index contributed by atoms with van der Waals surface area (Å²) in [6.07, 6.45) is 0.757. The number of nitrogens with one attached hydrogen (secondary N) is 2. The molecule has 0 radical (unpaired) electrons. The van der Waals surface area contributed by atoms with E-state index in [0.29, 0.717) is 13.1 Å². The van der Waals surface area contributed by atoms with Gasteiger partial charge in [0.1, 0.15) is 6.04 Å². The van der Waals surface area contributed by atoms with E-state index in [4.69, 9.17) is 0 Å². The fourth-order valence-electron chi connectivity index (χ4n) is 2.52. The first-order valence-corrected chi connectivity index (χ1v) is 8.00. The summed E-state index contributed by atoms with van der Waals surface area (Å²) in [7, 11) is 0. The molecule has 0 saturated carbocycles. The zero-order chi connectivity index (χ0) is 15.4. The van der Waals surface area contributed by atoms with Gasteiger partial charge in [-0.25, -0.2) is 10.9 Å². The fourth-order valence-corrected chi connectivity index (χ4v) is 2.79. The maximum Gasteiger partial charge on any atom is 0.241 e. The largest absolute Gasteiger partial charge is 0.338 e. The molecule has 4 nitrogen and oxygen atoms in total. The number of rotatable bonds is 5. The summed E-state index contributed by atoms with van der Waals surface area (Å²) in [5.74, 6) is 0.132. The van der Waals surface area contributed by atoms with Gasteiger partial charge in [-0.05, 0) is 38.0 Å². The Morgan fingerprint density at radius 3 is 2.62 bits per heavy atom. The van der Waals surface area contributed by atoms with Gasteiger partial charge in [0.15, 0.2) is 0 Å². The van der Waals surface area contributed by atoms with E-state index in [-0.39, 0.29) is 18.0 Å². The highest BCUT2D eigenvalue weighted by atomic mass is 79.9. The topological polar surface area (TPSA) is 44.4 Å². The van der Waals surface area contributed by atoms with Crippen LogP contribution in [0.25, 0.3) is 0 Å². The van der Waals surface area contributed by atoms with Gasteiger partial charge in [-0.2, -0.15) is 0 Å². The summed E-state index contributed by atoms with van der Waals surface area (Å²) >= 11 is 3.44. The van der Waals surface area contributed by atoms with Crippen LogP contribution in [0, 0.1) is 0 Å². The molecule has 2 N–H and O–H groups in total. The first-order valence-electron chi connectivity index (χ1n) is 7.21. The number of nitrogens with zero attached hydrogens (tertiary/aromatic N) is 1. The number of amides is 1. The van der Waals surface area contributed by atoms with Crippen molar-refractivity contribution in [2.45, 2.75) is 32.4 Å². The quantitative estimate of drug-likeness (QED) is 0.801. The van der Waals surface area contributed by atoms with Crippen LogP contribution in [0.5, 0.6) is 0 Å². The first-order chi connectivity index (χ1) is 10.0. The van der Waals surface area contributed by atoms with Crippen LogP contribution in [0.15, 0.2) is 40.9 Å². The van der Waals surface area contributed by atoms with Gasteiger partial charge in [0, 0.05) is 23.6 Å². The Morgan fingerprint density at radius 2 is 2.05 bits per heavy atom. The third-order valence-corrected chi connectivity index (χ3v) is 4.16. The van der Waals surface area contributed by atoms with Crippen LogP contribution < -0.4 is 10.9 Å². The van der Waals surface area contributed by atoms with Crippen LogP contribution in [0.1, 0.15) is 31.9 Å². The Morgan fingerprint density at radius 1 is 1.38 bits per heavy atom. The molecule has 2 atom stereocenters. The lowest BCUT2D eigenvalue weighted by Gasteiger charge is -2.24. The molecule has 0 spiro atoms. The van der Waals surface area contributed by atoms with Crippen LogP contribution in [0.4, 0.5) is 0 Å². The van der Waals surface area contributed by atoms with Crippen LogP contribution in [-0.2, 0) is 4.79 Å². The Kier molecular flexibility index (Phi) is 5.56. The van der Waals surface area contributed by atoms with E-state index in [1.165, 1.54) is 5.56 Å². The molecule has 1 aromatic rings. The van der Waals surface area contributed by atoms with Gasteiger partial charge in [0.2, 0.25) is 5.91 Å². The number of benzene rings is 1. The SMILES string of the molecule is C=C(C)CN(CC)C(=O)C1CC(c2ccc(Br)cc2)NN1. The summed E-state index contributed by atoms with van der Waals surface area (Å²) < 4.78 is 1.06. The van der Waals surface area contributed by atoms with Crippen molar-refractivity contribution in [2.75, 3.05) is 13.1 Å². The van der Waals surface area contributed by atoms with Gasteiger partial charge in [-0.1, -0.05) is 40.2 Å². The molecule has 1 heterocycles. The van der Waals surface area contributed by atoms with E-state index in [1.807, 2.05) is 30.9 Å². The van der Waals surface area contributed by atoms with Crippen LogP contribution in [0.3, 0.4) is 0 Å². The lowest BCUT2D eigenvalue weighted by atomic mass is 10.0. The second-order valence-corrected chi connectivity index (χ2v) is 6.41. The summed E-state index contributed by atoms with van der Waals surface area (Å²) in [4.78, 5) is 14.4. The maximum absolute atomic E-state index is 12.5. The van der Waals surface area contributed by atoms with Gasteiger partial charge in [-0.15, -0.1) is 0 Å². The Hall–Kier alpha value is -1.17. The fraction of sp³-hybridized carbons (Fsp3) is 0.438. The Bertz CT molecular complexity index is 515. The average Bonchev–Trinajstić information content (AvgIpc) is 2.94. The molecular formula is C16H22BrN3O. The van der Waals surface area contributed by atoms with Crippen LogP contribution in [0.2, 0.25) is 0 Å². The van der Waals surface area contributed by atoms with Gasteiger partial charge < -0.3 is 4.90 Å². The number of hydrogen-bond donors (Lipinski definition) is 2. The number of carbonyl (C=O) groups is 1. The Balaban J connectivity index is 1.99. The van der Waals surface area contributed by atoms with E-state index in [2.05, 4.69) is 45.5 Å². The summed E-state index contributed by atoms with van der Waals surface area (Å²) in [6, 6.07) is 8.16. The van der Waals surface area contributed by atoms with Crippen molar-refractivity contribution in [1.29, 1.82) is 0 Å². The minimum Gasteiger partial charge on any atom is -0.338 e. The van der Waals surface area contributed by atoms with E-state index in [1.54, 1.807) is 0 Å². The molecule has 1 amide bonds. The summed E-state index contributed by atoms with van der Waals surface area (Å²) in [6.45, 7) is 9.15. The predicted molar refractivity (Wildman–Crippen MR) is 88.6 cm³/mol. The van der Waals surface area contributed by atoms with Crippen LogP contribution in [-0.4, -0.2) is 29.9 Å². The lowest BCUT2D eigenvalue weighted by Crippen LogP contribution is -2.46. The molecule has 2 unspecified atom stereocenters. The van der Waals surface area contributed by atoms with Crippen molar-refractivity contribution in [3.63, 3.8) is 0 Å². The van der Waals surface area contributed by atoms with Crippen molar-refractivity contribution in [3.8, 4) is 0 Å². The molecule has 0 aliphatic carbocycles. The molecule has 1 aromatic carbocycles. The molecular weight excluding hydrogens is 330 g/mol. The number of hydrogen-bond acceptors (Lipinski definition) is 3. The third-order valence-electron chi connectivity index (χ3n) is 3.63. The third kappa shape index (κ3) is 4.15. The monoisotopic (exact) mass is 351 g/mol. The molecule has 2 rings (SSSR count). The molecule has 1 saturated heterocycles. The minimum absolute atomic E-state index is 0.132. The van der Waals surface area contributed by atoms with Crippen molar-refractivity contribution in [1.82, 2.24) is 15.8 Å². The summed E-state index contributed by atoms with van der Waals surface area (Å²) in [5.41, 5.74) is 8.53. The van der Waals surface area contributed by atoms with Crippen molar-refractivity contribution < 1.29 is 4.79 Å². The second kappa shape index (κ2) is 7.20. The van der Waals surface area contributed by atoms with E-state index in [0.717, 1.165) is 16.5 Å². The average molecular weight is 352 g/mol. The minimum atomic E-state index is -0.182. The normalized spacial score (nSPS) is 21.3. The van der Waals surface area contributed by atoms with Crippen LogP contribution >= 0.6 is 15.9 Å². The first kappa shape index (κ1) is 16.2. The maximum atomic E-state index is 12.5. The highest BCUT2D eigenvalue weighted by Crippen LogP contribution is 2.24. The molecule has 0 bridgehead atoms. The highest BCUT2D eigenvalue weighted by molar-refractivity contribution is 9.10. The van der Waals surface area contributed by atoms with Crippen molar-refractivity contribution >= 4 is 21.8 Å². The van der Waals surface area contributed by atoms with Gasteiger partial charge in [-0.3, -0.25) is 4.79 Å². The van der Waals surface area contributed by atoms with Crippen molar-refractivity contribution in [2.24, 2.45) is 0 Å². The Labute approximate surface area is 134 Å². The molecule has 114 valence electrons. The number of likely N-dealkylation sites (N-methyl/N-ethyl adjacent to an activating group) is 1. The summed E-state index contributed by atoms with van der Waals surface area (Å²) in [5, 5.41) is 0. The predicted octanol–water partition coefficient (Wildman–Crippen LogP) is 2.78. The smallest absolute Gasteiger partial charge is 0.241 e. The molecule has 1 fully saturated rings. The number of hydrazine groups is 1. The van der Waals surface area contributed by atoms with Gasteiger partial charge in [0.05, 0.1) is 0 Å². The molecule has 21 heavy (non-hydrogen) atoms. The molecule has 1 aliphatic rings. The second-order valence-electron chi connectivity index (χ2n) is 5.49. The number of halogens is 1. The number of carbonyl (C=O) groups excluding carboxylic acids is 1.